The quantitative estimate of drug-likeness (QED) is 0.785. The first kappa shape index (κ1) is 16.3. The standard InChI is InChI=1S/C18H29N3O2/c1-17(2,3)23-16(22)20-11-8-18(9-12-20)6-4-15(5-7-18)21-13-10-19-14-21/h10,13-15H,4-9,11-12H2,1-3H3. The monoisotopic (exact) mass is 319 g/mol. The number of ether oxygens (including phenoxy) is 1. The summed E-state index contributed by atoms with van der Waals surface area (Å²) in [5.41, 5.74) is 0.0324. The second kappa shape index (κ2) is 6.17. The molecule has 0 N–H and O–H groups in total. The number of carbonyl (C=O) groups excluding carboxylic acids is 1. The zero-order chi connectivity index (χ0) is 16.5. The summed E-state index contributed by atoms with van der Waals surface area (Å²) >= 11 is 0. The minimum absolute atomic E-state index is 0.153. The molecule has 1 aliphatic heterocycles. The highest BCUT2D eigenvalue weighted by atomic mass is 16.6. The van der Waals surface area contributed by atoms with E-state index in [0.717, 1.165) is 25.9 Å². The lowest BCUT2D eigenvalue weighted by Gasteiger charge is -2.46. The second-order valence-electron chi connectivity index (χ2n) is 8.21. The zero-order valence-corrected chi connectivity index (χ0v) is 14.6. The van der Waals surface area contributed by atoms with Crippen LogP contribution in [-0.4, -0.2) is 39.2 Å². The summed E-state index contributed by atoms with van der Waals surface area (Å²) < 4.78 is 7.75. The van der Waals surface area contributed by atoms with Crippen molar-refractivity contribution in [1.82, 2.24) is 14.5 Å². The van der Waals surface area contributed by atoms with Crippen molar-refractivity contribution in [2.75, 3.05) is 13.1 Å². The van der Waals surface area contributed by atoms with Gasteiger partial charge in [0.15, 0.2) is 0 Å². The van der Waals surface area contributed by atoms with Crippen LogP contribution >= 0.6 is 0 Å². The van der Waals surface area contributed by atoms with Crippen molar-refractivity contribution in [2.24, 2.45) is 5.41 Å². The van der Waals surface area contributed by atoms with E-state index < -0.39 is 5.60 Å². The summed E-state index contributed by atoms with van der Waals surface area (Å²) in [5.74, 6) is 0. The predicted molar refractivity (Wildman–Crippen MR) is 89.2 cm³/mol. The van der Waals surface area contributed by atoms with Crippen molar-refractivity contribution >= 4 is 6.09 Å². The molecule has 2 aliphatic rings. The van der Waals surface area contributed by atoms with Gasteiger partial charge in [-0.2, -0.15) is 0 Å². The summed E-state index contributed by atoms with van der Waals surface area (Å²) in [6, 6.07) is 0.604. The van der Waals surface area contributed by atoms with E-state index in [1.807, 2.05) is 38.2 Å². The molecule has 5 nitrogen and oxygen atoms in total. The molecule has 0 radical (unpaired) electrons. The van der Waals surface area contributed by atoms with Crippen LogP contribution < -0.4 is 0 Å². The first-order valence-corrected chi connectivity index (χ1v) is 8.82. The molecule has 1 aromatic rings. The lowest BCUT2D eigenvalue weighted by Crippen LogP contribution is -2.46. The smallest absolute Gasteiger partial charge is 0.410 e. The predicted octanol–water partition coefficient (Wildman–Crippen LogP) is 4.02. The maximum atomic E-state index is 12.2. The fraction of sp³-hybridized carbons (Fsp3) is 0.778. The number of amides is 1. The SMILES string of the molecule is CC(C)(C)OC(=O)N1CCC2(CCC(n3ccnc3)CC2)CC1. The normalized spacial score (nSPS) is 22.3. The van der Waals surface area contributed by atoms with Crippen LogP contribution in [-0.2, 0) is 4.74 Å². The Balaban J connectivity index is 1.50. The molecule has 2 fully saturated rings. The van der Waals surface area contributed by atoms with E-state index in [-0.39, 0.29) is 6.09 Å². The molecule has 0 bridgehead atoms. The Morgan fingerprint density at radius 1 is 1.17 bits per heavy atom. The number of likely N-dealkylation sites (tertiary alicyclic amines) is 1. The Morgan fingerprint density at radius 3 is 2.35 bits per heavy atom. The number of piperidine rings is 1. The number of hydrogen-bond acceptors (Lipinski definition) is 3. The van der Waals surface area contributed by atoms with Crippen LogP contribution in [0.3, 0.4) is 0 Å². The Labute approximate surface area is 139 Å². The van der Waals surface area contributed by atoms with Gasteiger partial charge in [-0.1, -0.05) is 0 Å². The zero-order valence-electron chi connectivity index (χ0n) is 14.6. The molecule has 23 heavy (non-hydrogen) atoms. The van der Waals surface area contributed by atoms with Crippen molar-refractivity contribution in [3.05, 3.63) is 18.7 Å². The van der Waals surface area contributed by atoms with Crippen LogP contribution in [0.1, 0.15) is 65.3 Å². The van der Waals surface area contributed by atoms with E-state index in [1.165, 1.54) is 25.7 Å². The maximum absolute atomic E-state index is 12.2. The highest BCUT2D eigenvalue weighted by Gasteiger charge is 2.39. The molecule has 1 saturated heterocycles. The van der Waals surface area contributed by atoms with Crippen molar-refractivity contribution in [1.29, 1.82) is 0 Å². The van der Waals surface area contributed by atoms with Gasteiger partial charge in [-0.3, -0.25) is 0 Å². The first-order chi connectivity index (χ1) is 10.9. The van der Waals surface area contributed by atoms with E-state index in [4.69, 9.17) is 4.74 Å². The average molecular weight is 319 g/mol. The van der Waals surface area contributed by atoms with Gasteiger partial charge in [-0.05, 0) is 64.7 Å². The molecular weight excluding hydrogens is 290 g/mol. The number of imidazole rings is 1. The van der Waals surface area contributed by atoms with E-state index in [9.17, 15) is 4.79 Å². The van der Waals surface area contributed by atoms with E-state index in [2.05, 4.69) is 15.7 Å². The van der Waals surface area contributed by atoms with Gasteiger partial charge < -0.3 is 14.2 Å². The van der Waals surface area contributed by atoms with E-state index in [1.54, 1.807) is 0 Å². The Hall–Kier alpha value is -1.52. The van der Waals surface area contributed by atoms with Crippen LogP contribution in [0.2, 0.25) is 0 Å². The third-order valence-corrected chi connectivity index (χ3v) is 5.44. The molecule has 1 spiro atoms. The molecule has 0 aromatic carbocycles. The highest BCUT2D eigenvalue weighted by Crippen LogP contribution is 2.47. The Morgan fingerprint density at radius 2 is 1.83 bits per heavy atom. The van der Waals surface area contributed by atoms with E-state index >= 15 is 0 Å². The molecule has 0 unspecified atom stereocenters. The van der Waals surface area contributed by atoms with Crippen LogP contribution in [0.4, 0.5) is 4.79 Å². The van der Waals surface area contributed by atoms with Crippen LogP contribution in [0.5, 0.6) is 0 Å². The number of hydrogen-bond donors (Lipinski definition) is 0. The number of carbonyl (C=O) groups is 1. The van der Waals surface area contributed by atoms with Crippen molar-refractivity contribution in [3.63, 3.8) is 0 Å². The molecule has 5 heteroatoms. The molecule has 3 rings (SSSR count). The van der Waals surface area contributed by atoms with Gasteiger partial charge in [0.25, 0.3) is 0 Å². The van der Waals surface area contributed by atoms with Gasteiger partial charge >= 0.3 is 6.09 Å². The molecule has 0 atom stereocenters. The summed E-state index contributed by atoms with van der Waals surface area (Å²) in [6.07, 6.45) is 12.9. The number of nitrogens with zero attached hydrogens (tertiary/aromatic N) is 3. The molecule has 128 valence electrons. The molecule has 1 aliphatic carbocycles. The second-order valence-corrected chi connectivity index (χ2v) is 8.21. The van der Waals surface area contributed by atoms with Crippen LogP contribution in [0, 0.1) is 5.41 Å². The summed E-state index contributed by atoms with van der Waals surface area (Å²) in [6.45, 7) is 7.45. The maximum Gasteiger partial charge on any atom is 0.410 e. The number of rotatable bonds is 1. The Bertz CT molecular complexity index is 515. The van der Waals surface area contributed by atoms with Crippen LogP contribution in [0.15, 0.2) is 18.7 Å². The Kier molecular flexibility index (Phi) is 4.39. The van der Waals surface area contributed by atoms with Gasteiger partial charge in [0.1, 0.15) is 5.60 Å². The van der Waals surface area contributed by atoms with Crippen molar-refractivity contribution in [2.45, 2.75) is 70.9 Å². The van der Waals surface area contributed by atoms with Gasteiger partial charge in [0, 0.05) is 31.5 Å². The molecule has 2 heterocycles. The summed E-state index contributed by atoms with van der Waals surface area (Å²) in [4.78, 5) is 18.2. The van der Waals surface area contributed by atoms with Crippen LogP contribution in [0.25, 0.3) is 0 Å². The largest absolute Gasteiger partial charge is 0.444 e. The number of aromatic nitrogens is 2. The van der Waals surface area contributed by atoms with Gasteiger partial charge in [0.2, 0.25) is 0 Å². The molecule has 1 aromatic heterocycles. The first-order valence-electron chi connectivity index (χ1n) is 8.82. The highest BCUT2D eigenvalue weighted by molar-refractivity contribution is 5.68. The van der Waals surface area contributed by atoms with E-state index in [0.29, 0.717) is 11.5 Å². The minimum atomic E-state index is -0.408. The lowest BCUT2D eigenvalue weighted by atomic mass is 9.67. The fourth-order valence-electron chi connectivity index (χ4n) is 3.99. The van der Waals surface area contributed by atoms with Gasteiger partial charge in [-0.25, -0.2) is 9.78 Å². The average Bonchev–Trinajstić information content (AvgIpc) is 3.01. The molecule has 1 saturated carbocycles. The van der Waals surface area contributed by atoms with Crippen molar-refractivity contribution < 1.29 is 9.53 Å². The molecular formula is C18H29N3O2. The topological polar surface area (TPSA) is 47.4 Å². The van der Waals surface area contributed by atoms with Gasteiger partial charge in [0.05, 0.1) is 6.33 Å². The summed E-state index contributed by atoms with van der Waals surface area (Å²) in [7, 11) is 0. The third kappa shape index (κ3) is 3.88. The molecule has 1 amide bonds. The minimum Gasteiger partial charge on any atom is -0.444 e. The van der Waals surface area contributed by atoms with Crippen molar-refractivity contribution in [3.8, 4) is 0 Å². The third-order valence-electron chi connectivity index (χ3n) is 5.44. The van der Waals surface area contributed by atoms with Gasteiger partial charge in [-0.15, -0.1) is 0 Å². The lowest BCUT2D eigenvalue weighted by molar-refractivity contribution is 0.00188. The summed E-state index contributed by atoms with van der Waals surface area (Å²) in [5, 5.41) is 0. The fourth-order valence-corrected chi connectivity index (χ4v) is 3.99.